The summed E-state index contributed by atoms with van der Waals surface area (Å²) in [7, 11) is 0. The number of amides is 1. The van der Waals surface area contributed by atoms with Crippen LogP contribution in [0, 0.1) is 0 Å². The molecule has 0 unspecified atom stereocenters. The Hall–Kier alpha value is -1.54. The van der Waals surface area contributed by atoms with Crippen LogP contribution in [0.25, 0.3) is 0 Å². The molecular weight excluding hydrogens is 459 g/mol. The van der Waals surface area contributed by atoms with E-state index in [0.29, 0.717) is 21.8 Å². The maximum absolute atomic E-state index is 12.5. The van der Waals surface area contributed by atoms with Gasteiger partial charge in [0.2, 0.25) is 5.91 Å². The van der Waals surface area contributed by atoms with Crippen LogP contribution in [0.4, 0.5) is 5.69 Å². The lowest BCUT2D eigenvalue weighted by Gasteiger charge is -2.25. The fraction of sp³-hybridized carbons (Fsp3) is 0.381. The number of carbonyl (C=O) groups is 1. The monoisotopic (exact) mass is 480 g/mol. The first-order chi connectivity index (χ1) is 14.6. The van der Waals surface area contributed by atoms with E-state index < -0.39 is 0 Å². The van der Waals surface area contributed by atoms with E-state index in [1.165, 1.54) is 35.9 Å². The second kappa shape index (κ2) is 10.2. The average Bonchev–Trinajstić information content (AvgIpc) is 3.40. The second-order valence-corrected chi connectivity index (χ2v) is 10.0. The number of nitrogens with one attached hydrogen (secondary N) is 1. The summed E-state index contributed by atoms with van der Waals surface area (Å²) in [5.41, 5.74) is 0.443. The van der Waals surface area contributed by atoms with Crippen molar-refractivity contribution in [2.45, 2.75) is 49.7 Å². The maximum atomic E-state index is 12.5. The molecule has 0 saturated heterocycles. The number of halogens is 2. The van der Waals surface area contributed by atoms with Gasteiger partial charge in [0, 0.05) is 17.3 Å². The highest BCUT2D eigenvalue weighted by Crippen LogP contribution is 2.34. The summed E-state index contributed by atoms with van der Waals surface area (Å²) in [6, 6.07) is 9.72. The Kier molecular flexibility index (Phi) is 7.36. The topological polar surface area (TPSA) is 59.8 Å². The summed E-state index contributed by atoms with van der Waals surface area (Å²) in [5, 5.41) is 15.4. The Bertz CT molecular complexity index is 980. The van der Waals surface area contributed by atoms with Gasteiger partial charge in [0.1, 0.15) is 5.82 Å². The summed E-state index contributed by atoms with van der Waals surface area (Å²) < 4.78 is 2.26. The third kappa shape index (κ3) is 5.19. The number of hydrogen-bond donors (Lipinski definition) is 1. The quantitative estimate of drug-likeness (QED) is 0.393. The fourth-order valence-corrected chi connectivity index (χ4v) is 5.74. The maximum Gasteiger partial charge on any atom is 0.234 e. The molecule has 1 N–H and O–H groups in total. The van der Waals surface area contributed by atoms with E-state index >= 15 is 0 Å². The van der Waals surface area contributed by atoms with Crippen molar-refractivity contribution in [2.75, 3.05) is 11.1 Å². The van der Waals surface area contributed by atoms with E-state index in [2.05, 4.69) is 37.6 Å². The SMILES string of the molecule is O=C(CSc1nnc(Cc2cccs2)n1C1CCCCC1)Nc1c(Cl)cccc1Cl. The van der Waals surface area contributed by atoms with Crippen LogP contribution >= 0.6 is 46.3 Å². The van der Waals surface area contributed by atoms with Crippen molar-refractivity contribution in [3.63, 3.8) is 0 Å². The van der Waals surface area contributed by atoms with E-state index in [-0.39, 0.29) is 11.7 Å². The molecule has 3 aromatic rings. The van der Waals surface area contributed by atoms with Crippen LogP contribution in [0.1, 0.15) is 48.8 Å². The molecule has 1 aliphatic rings. The molecule has 0 aliphatic heterocycles. The zero-order valence-corrected chi connectivity index (χ0v) is 19.5. The highest BCUT2D eigenvalue weighted by Gasteiger charge is 2.24. The molecule has 4 rings (SSSR count). The largest absolute Gasteiger partial charge is 0.323 e. The molecule has 5 nitrogen and oxygen atoms in total. The molecule has 0 atom stereocenters. The molecule has 1 aliphatic carbocycles. The molecule has 1 fully saturated rings. The van der Waals surface area contributed by atoms with Gasteiger partial charge in [-0.05, 0) is 36.4 Å². The smallest absolute Gasteiger partial charge is 0.234 e. The van der Waals surface area contributed by atoms with Crippen molar-refractivity contribution in [3.05, 3.63) is 56.5 Å². The normalized spacial score (nSPS) is 14.7. The summed E-state index contributed by atoms with van der Waals surface area (Å²) in [6.07, 6.45) is 6.74. The fourth-order valence-electron chi connectivity index (χ4n) is 3.72. The molecule has 158 valence electrons. The summed E-state index contributed by atoms with van der Waals surface area (Å²) >= 11 is 15.4. The van der Waals surface area contributed by atoms with Crippen molar-refractivity contribution in [1.82, 2.24) is 14.8 Å². The third-order valence-electron chi connectivity index (χ3n) is 5.15. The molecule has 0 bridgehead atoms. The predicted octanol–water partition coefficient (Wildman–Crippen LogP) is 6.47. The Labute approximate surface area is 194 Å². The van der Waals surface area contributed by atoms with Crippen LogP contribution in [0.15, 0.2) is 40.9 Å². The van der Waals surface area contributed by atoms with Crippen LogP contribution in [0.2, 0.25) is 10.0 Å². The molecule has 1 saturated carbocycles. The minimum absolute atomic E-state index is 0.173. The molecule has 0 spiro atoms. The van der Waals surface area contributed by atoms with E-state index in [4.69, 9.17) is 23.2 Å². The van der Waals surface area contributed by atoms with Gasteiger partial charge in [0.15, 0.2) is 5.16 Å². The summed E-state index contributed by atoms with van der Waals surface area (Å²) in [4.78, 5) is 13.8. The Morgan fingerprint density at radius 2 is 1.90 bits per heavy atom. The van der Waals surface area contributed by atoms with Gasteiger partial charge in [-0.25, -0.2) is 0 Å². The van der Waals surface area contributed by atoms with Gasteiger partial charge in [-0.1, -0.05) is 66.4 Å². The molecule has 1 aromatic carbocycles. The van der Waals surface area contributed by atoms with Crippen molar-refractivity contribution in [1.29, 1.82) is 0 Å². The average molecular weight is 481 g/mol. The first-order valence-corrected chi connectivity index (χ1v) is 12.6. The van der Waals surface area contributed by atoms with E-state index in [0.717, 1.165) is 30.2 Å². The summed E-state index contributed by atoms with van der Waals surface area (Å²) in [5.74, 6) is 1.01. The lowest BCUT2D eigenvalue weighted by molar-refractivity contribution is -0.113. The Morgan fingerprint density at radius 1 is 1.13 bits per heavy atom. The van der Waals surface area contributed by atoms with E-state index in [9.17, 15) is 4.79 Å². The standard InChI is InChI=1S/C21H22Cl2N4OS2/c22-16-9-4-10-17(23)20(16)24-19(28)13-30-21-26-25-18(12-15-8-5-11-29-15)27(21)14-6-2-1-3-7-14/h4-5,8-11,14H,1-3,6-7,12-13H2,(H,24,28). The van der Waals surface area contributed by atoms with Gasteiger partial charge in [-0.2, -0.15) is 0 Å². The molecule has 2 heterocycles. The van der Waals surface area contributed by atoms with Gasteiger partial charge in [-0.3, -0.25) is 4.79 Å². The minimum Gasteiger partial charge on any atom is -0.323 e. The lowest BCUT2D eigenvalue weighted by Crippen LogP contribution is -2.18. The third-order valence-corrected chi connectivity index (χ3v) is 7.60. The van der Waals surface area contributed by atoms with Gasteiger partial charge in [0.25, 0.3) is 0 Å². The highest BCUT2D eigenvalue weighted by atomic mass is 35.5. The van der Waals surface area contributed by atoms with Crippen LogP contribution in [0.5, 0.6) is 0 Å². The highest BCUT2D eigenvalue weighted by molar-refractivity contribution is 7.99. The van der Waals surface area contributed by atoms with Gasteiger partial charge in [0.05, 0.1) is 21.5 Å². The number of thiophene rings is 1. The lowest BCUT2D eigenvalue weighted by atomic mass is 9.95. The zero-order valence-electron chi connectivity index (χ0n) is 16.3. The molecule has 2 aromatic heterocycles. The molecule has 9 heteroatoms. The summed E-state index contributed by atoms with van der Waals surface area (Å²) in [6.45, 7) is 0. The number of carbonyl (C=O) groups excluding carboxylic acids is 1. The molecule has 30 heavy (non-hydrogen) atoms. The van der Waals surface area contributed by atoms with Gasteiger partial charge < -0.3 is 9.88 Å². The number of aromatic nitrogens is 3. The van der Waals surface area contributed by atoms with Crippen molar-refractivity contribution in [3.8, 4) is 0 Å². The molecule has 0 radical (unpaired) electrons. The van der Waals surface area contributed by atoms with E-state index in [1.807, 2.05) is 0 Å². The van der Waals surface area contributed by atoms with Crippen LogP contribution in [-0.2, 0) is 11.2 Å². The number of para-hydroxylation sites is 1. The Balaban J connectivity index is 1.49. The van der Waals surface area contributed by atoms with Crippen molar-refractivity contribution >= 4 is 57.9 Å². The first kappa shape index (κ1) is 21.7. The number of rotatable bonds is 7. The van der Waals surface area contributed by atoms with Gasteiger partial charge in [-0.15, -0.1) is 21.5 Å². The van der Waals surface area contributed by atoms with E-state index in [1.54, 1.807) is 29.5 Å². The second-order valence-electron chi connectivity index (χ2n) is 7.25. The van der Waals surface area contributed by atoms with Crippen LogP contribution in [-0.4, -0.2) is 26.4 Å². The molecular formula is C21H22Cl2N4OS2. The predicted molar refractivity (Wildman–Crippen MR) is 125 cm³/mol. The van der Waals surface area contributed by atoms with Crippen molar-refractivity contribution in [2.24, 2.45) is 0 Å². The minimum atomic E-state index is -0.173. The number of hydrogen-bond acceptors (Lipinski definition) is 5. The van der Waals surface area contributed by atoms with Crippen molar-refractivity contribution < 1.29 is 4.79 Å². The number of nitrogens with zero attached hydrogens (tertiary/aromatic N) is 3. The first-order valence-electron chi connectivity index (χ1n) is 9.94. The van der Waals surface area contributed by atoms with Gasteiger partial charge >= 0.3 is 0 Å². The van der Waals surface area contributed by atoms with Crippen LogP contribution < -0.4 is 5.32 Å². The number of anilines is 1. The number of benzene rings is 1. The Morgan fingerprint density at radius 3 is 2.60 bits per heavy atom. The zero-order chi connectivity index (χ0) is 20.9. The van der Waals surface area contributed by atoms with Crippen LogP contribution in [0.3, 0.4) is 0 Å². The number of thioether (sulfide) groups is 1. The molecule has 1 amide bonds.